The predicted octanol–water partition coefficient (Wildman–Crippen LogP) is 3.07. The summed E-state index contributed by atoms with van der Waals surface area (Å²) >= 11 is 1.12. The van der Waals surface area contributed by atoms with E-state index in [2.05, 4.69) is 20.5 Å². The molecule has 0 saturated carbocycles. The molecule has 3 aromatic rings. The quantitative estimate of drug-likeness (QED) is 0.536. The van der Waals surface area contributed by atoms with E-state index in [0.29, 0.717) is 22.7 Å². The summed E-state index contributed by atoms with van der Waals surface area (Å²) in [6.45, 7) is 1.46. The number of rotatable bonds is 6. The first-order valence-corrected chi connectivity index (χ1v) is 8.38. The number of nitrogens with one attached hydrogen (secondary N) is 1. The number of carbonyl (C=O) groups excluding carboxylic acids is 2. The van der Waals surface area contributed by atoms with Crippen LogP contribution in [-0.2, 0) is 4.79 Å². The van der Waals surface area contributed by atoms with E-state index in [9.17, 15) is 9.59 Å². The molecule has 0 aliphatic rings. The number of carbonyl (C=O) groups is 2. The van der Waals surface area contributed by atoms with Crippen molar-refractivity contribution in [3.63, 3.8) is 0 Å². The van der Waals surface area contributed by atoms with E-state index in [4.69, 9.17) is 4.42 Å². The van der Waals surface area contributed by atoms with Crippen molar-refractivity contribution in [3.05, 3.63) is 54.4 Å². The van der Waals surface area contributed by atoms with Crippen molar-refractivity contribution in [3.8, 4) is 11.5 Å². The minimum Gasteiger partial charge on any atom is -0.411 e. The topological polar surface area (TPSA) is 98.0 Å². The molecule has 126 valence electrons. The van der Waals surface area contributed by atoms with Gasteiger partial charge in [0, 0.05) is 18.0 Å². The Hall–Kier alpha value is -3.00. The molecule has 3 rings (SSSR count). The van der Waals surface area contributed by atoms with Gasteiger partial charge in [0.25, 0.3) is 5.22 Å². The van der Waals surface area contributed by atoms with Crippen molar-refractivity contribution < 1.29 is 14.0 Å². The largest absolute Gasteiger partial charge is 0.411 e. The summed E-state index contributed by atoms with van der Waals surface area (Å²) < 4.78 is 5.50. The smallest absolute Gasteiger partial charge is 0.277 e. The third kappa shape index (κ3) is 4.30. The molecule has 1 N–H and O–H groups in total. The Labute approximate surface area is 147 Å². The molecule has 1 aromatic carbocycles. The molecule has 0 spiro atoms. The average molecular weight is 354 g/mol. The Kier molecular flexibility index (Phi) is 5.20. The van der Waals surface area contributed by atoms with E-state index in [1.807, 2.05) is 0 Å². The monoisotopic (exact) mass is 354 g/mol. The number of benzene rings is 1. The van der Waals surface area contributed by atoms with Crippen molar-refractivity contribution in [2.45, 2.75) is 12.1 Å². The summed E-state index contributed by atoms with van der Waals surface area (Å²) in [4.78, 5) is 27.7. The fourth-order valence-corrected chi connectivity index (χ4v) is 2.65. The Morgan fingerprint density at radius 3 is 2.76 bits per heavy atom. The van der Waals surface area contributed by atoms with Crippen LogP contribution in [0.4, 0.5) is 5.69 Å². The first-order valence-electron chi connectivity index (χ1n) is 7.40. The van der Waals surface area contributed by atoms with Crippen molar-refractivity contribution in [2.24, 2.45) is 0 Å². The molecule has 0 aliphatic carbocycles. The number of para-hydroxylation sites is 1. The predicted molar refractivity (Wildman–Crippen MR) is 93.3 cm³/mol. The maximum Gasteiger partial charge on any atom is 0.277 e. The van der Waals surface area contributed by atoms with Crippen LogP contribution in [0.1, 0.15) is 17.3 Å². The summed E-state index contributed by atoms with van der Waals surface area (Å²) in [5.74, 6) is 0.0558. The molecule has 0 saturated heterocycles. The van der Waals surface area contributed by atoms with Gasteiger partial charge < -0.3 is 9.73 Å². The molecule has 2 heterocycles. The molecular formula is C17H14N4O3S. The van der Waals surface area contributed by atoms with Gasteiger partial charge in [-0.15, -0.1) is 10.2 Å². The number of amides is 1. The minimum atomic E-state index is -0.264. The zero-order valence-electron chi connectivity index (χ0n) is 13.3. The Bertz CT molecular complexity index is 896. The highest BCUT2D eigenvalue weighted by atomic mass is 32.2. The number of hydrogen-bond donors (Lipinski definition) is 1. The van der Waals surface area contributed by atoms with Crippen LogP contribution in [0.15, 0.2) is 58.4 Å². The number of ketones is 1. The lowest BCUT2D eigenvalue weighted by Gasteiger charge is -2.07. The molecule has 2 aromatic heterocycles. The maximum absolute atomic E-state index is 12.1. The molecule has 0 radical (unpaired) electrons. The van der Waals surface area contributed by atoms with Crippen LogP contribution in [0.3, 0.4) is 0 Å². The van der Waals surface area contributed by atoms with Crippen molar-refractivity contribution in [1.82, 2.24) is 15.2 Å². The van der Waals surface area contributed by atoms with Gasteiger partial charge in [0.1, 0.15) is 0 Å². The van der Waals surface area contributed by atoms with E-state index in [1.165, 1.54) is 6.92 Å². The highest BCUT2D eigenvalue weighted by Gasteiger charge is 2.13. The molecule has 0 unspecified atom stereocenters. The van der Waals surface area contributed by atoms with Gasteiger partial charge in [-0.25, -0.2) is 0 Å². The molecule has 1 amide bonds. The van der Waals surface area contributed by atoms with Gasteiger partial charge in [-0.3, -0.25) is 14.6 Å². The summed E-state index contributed by atoms with van der Waals surface area (Å²) in [5, 5.41) is 10.8. The van der Waals surface area contributed by atoms with E-state index < -0.39 is 0 Å². The number of aromatic nitrogens is 3. The number of thioether (sulfide) groups is 1. The molecule has 0 atom stereocenters. The normalized spacial score (nSPS) is 10.4. The first kappa shape index (κ1) is 16.8. The van der Waals surface area contributed by atoms with Gasteiger partial charge in [-0.1, -0.05) is 23.9 Å². The lowest BCUT2D eigenvalue weighted by Crippen LogP contribution is -2.16. The van der Waals surface area contributed by atoms with Crippen LogP contribution < -0.4 is 5.32 Å². The van der Waals surface area contributed by atoms with E-state index in [-0.39, 0.29) is 22.7 Å². The Morgan fingerprint density at radius 1 is 1.16 bits per heavy atom. The van der Waals surface area contributed by atoms with E-state index in [0.717, 1.165) is 11.8 Å². The zero-order valence-corrected chi connectivity index (χ0v) is 14.1. The van der Waals surface area contributed by atoms with Crippen LogP contribution in [0, 0.1) is 0 Å². The Morgan fingerprint density at radius 2 is 2.00 bits per heavy atom. The molecule has 7 nitrogen and oxygen atoms in total. The second-order valence-electron chi connectivity index (χ2n) is 5.05. The number of pyridine rings is 1. The van der Waals surface area contributed by atoms with Gasteiger partial charge in [0.15, 0.2) is 5.78 Å². The zero-order chi connectivity index (χ0) is 17.6. The molecular weight excluding hydrogens is 340 g/mol. The van der Waals surface area contributed by atoms with Crippen LogP contribution in [0.25, 0.3) is 11.5 Å². The third-order valence-corrected chi connectivity index (χ3v) is 4.04. The van der Waals surface area contributed by atoms with Gasteiger partial charge in [0.2, 0.25) is 11.8 Å². The highest BCUT2D eigenvalue weighted by molar-refractivity contribution is 7.99. The number of anilines is 1. The summed E-state index contributed by atoms with van der Waals surface area (Å²) in [6, 6.07) is 10.4. The van der Waals surface area contributed by atoms with Crippen molar-refractivity contribution >= 4 is 29.1 Å². The summed E-state index contributed by atoms with van der Waals surface area (Å²) in [7, 11) is 0. The summed E-state index contributed by atoms with van der Waals surface area (Å²) in [6.07, 6.45) is 3.27. The fourth-order valence-electron chi connectivity index (χ4n) is 2.09. The van der Waals surface area contributed by atoms with Crippen LogP contribution >= 0.6 is 11.8 Å². The number of nitrogens with zero attached hydrogens (tertiary/aromatic N) is 3. The van der Waals surface area contributed by atoms with Crippen LogP contribution in [0.2, 0.25) is 0 Å². The second kappa shape index (κ2) is 7.71. The number of hydrogen-bond acceptors (Lipinski definition) is 7. The van der Waals surface area contributed by atoms with E-state index in [1.54, 1.807) is 48.8 Å². The van der Waals surface area contributed by atoms with Crippen molar-refractivity contribution in [1.29, 1.82) is 0 Å². The SMILES string of the molecule is CC(=O)c1ccccc1NC(=O)CSc1nnc(-c2cccnc2)o1. The number of Topliss-reactive ketones (excluding diaryl/α,β-unsaturated/α-hetero) is 1. The lowest BCUT2D eigenvalue weighted by molar-refractivity contribution is -0.113. The molecule has 25 heavy (non-hydrogen) atoms. The van der Waals surface area contributed by atoms with E-state index >= 15 is 0 Å². The third-order valence-electron chi connectivity index (χ3n) is 3.22. The molecule has 0 aliphatic heterocycles. The standard InChI is InChI=1S/C17H14N4O3S/c1-11(22)13-6-2-3-7-14(13)19-15(23)10-25-17-21-20-16(24-17)12-5-4-8-18-9-12/h2-9H,10H2,1H3,(H,19,23). The maximum atomic E-state index is 12.1. The van der Waals surface area contributed by atoms with Crippen molar-refractivity contribution in [2.75, 3.05) is 11.1 Å². The summed E-state index contributed by atoms with van der Waals surface area (Å²) in [5.41, 5.74) is 1.67. The van der Waals surface area contributed by atoms with Gasteiger partial charge in [-0.2, -0.15) is 0 Å². The fraction of sp³-hybridized carbons (Fsp3) is 0.118. The van der Waals surface area contributed by atoms with Gasteiger partial charge >= 0.3 is 0 Å². The van der Waals surface area contributed by atoms with Crippen LogP contribution in [-0.4, -0.2) is 32.6 Å². The van der Waals surface area contributed by atoms with Gasteiger partial charge in [0.05, 0.1) is 17.0 Å². The second-order valence-corrected chi connectivity index (χ2v) is 5.98. The lowest BCUT2D eigenvalue weighted by atomic mass is 10.1. The van der Waals surface area contributed by atoms with Crippen LogP contribution in [0.5, 0.6) is 0 Å². The first-order chi connectivity index (χ1) is 12.1. The molecule has 8 heteroatoms. The molecule has 0 fully saturated rings. The molecule has 0 bridgehead atoms. The van der Waals surface area contributed by atoms with Gasteiger partial charge in [-0.05, 0) is 31.2 Å². The minimum absolute atomic E-state index is 0.0842. The average Bonchev–Trinajstić information content (AvgIpc) is 3.10. The highest BCUT2D eigenvalue weighted by Crippen LogP contribution is 2.23. The Balaban J connectivity index is 1.60.